The van der Waals surface area contributed by atoms with Crippen molar-refractivity contribution >= 4 is 42.2 Å². The lowest BCUT2D eigenvalue weighted by Gasteiger charge is -2.25. The van der Waals surface area contributed by atoms with E-state index >= 15 is 0 Å². The summed E-state index contributed by atoms with van der Waals surface area (Å²) in [6.07, 6.45) is 1.47. The molecule has 5 heteroatoms. The molecule has 1 atom stereocenters. The van der Waals surface area contributed by atoms with E-state index in [-0.39, 0.29) is 26.6 Å². The van der Waals surface area contributed by atoms with Crippen LogP contribution in [0.5, 0.6) is 0 Å². The van der Waals surface area contributed by atoms with Gasteiger partial charge in [0.25, 0.3) is 5.91 Å². The molecule has 1 fully saturated rings. The number of ether oxygens (including phenoxy) is 1. The predicted octanol–water partition coefficient (Wildman–Crippen LogP) is 3.65. The molecule has 3 nitrogen and oxygen atoms in total. The van der Waals surface area contributed by atoms with Gasteiger partial charge >= 0.3 is 0 Å². The lowest BCUT2D eigenvalue weighted by molar-refractivity contribution is -0.127. The molecule has 0 unspecified atom stereocenters. The third kappa shape index (κ3) is 5.06. The first kappa shape index (κ1) is 19.3. The van der Waals surface area contributed by atoms with Gasteiger partial charge in [0.15, 0.2) is 0 Å². The fourth-order valence-electron chi connectivity index (χ4n) is 3.40. The molecule has 1 heterocycles. The maximum Gasteiger partial charge on any atom is 0.256 e. The van der Waals surface area contributed by atoms with Crippen molar-refractivity contribution in [3.63, 3.8) is 0 Å². The van der Waals surface area contributed by atoms with Crippen molar-refractivity contribution in [2.75, 3.05) is 18.1 Å². The van der Waals surface area contributed by atoms with E-state index in [1.807, 2.05) is 29.2 Å². The van der Waals surface area contributed by atoms with Gasteiger partial charge in [-0.1, -0.05) is 65.3 Å². The fraction of sp³-hybridized carbons (Fsp3) is 0.381. The van der Waals surface area contributed by atoms with Crippen molar-refractivity contribution in [3.8, 4) is 0 Å². The first-order chi connectivity index (χ1) is 12.4. The minimum Gasteiger partial charge on any atom is -0.368 e. The molecular weight excluding hydrogens is 406 g/mol. The average molecular weight is 432 g/mol. The Bertz CT molecular complexity index is 733. The smallest absolute Gasteiger partial charge is 0.256 e. The van der Waals surface area contributed by atoms with Crippen LogP contribution in [0.4, 0.5) is 5.69 Å². The molecule has 1 aliphatic heterocycles. The van der Waals surface area contributed by atoms with E-state index in [1.165, 1.54) is 5.19 Å². The number of carbonyl (C=O) groups is 1. The molecular formula is C21H26BrNO2Si. The van der Waals surface area contributed by atoms with E-state index in [0.717, 1.165) is 29.5 Å². The summed E-state index contributed by atoms with van der Waals surface area (Å²) in [5.74, 6) is 0.0884. The van der Waals surface area contributed by atoms with Gasteiger partial charge in [0.1, 0.15) is 6.10 Å². The number of rotatable bonds is 7. The zero-order chi connectivity index (χ0) is 18.6. The Labute approximate surface area is 166 Å². The topological polar surface area (TPSA) is 29.5 Å². The molecule has 0 radical (unpaired) electrons. The number of benzene rings is 2. The standard InChI is InChI=1S/C21H26BrNO2Si/c1-21(2,26-18-6-4-3-5-7-18)13-15-25-19-12-14-23(20(19)24)17-10-8-16(22)9-11-17/h3-11,19H,12-15,26H2,1-2H3/t19-/m0/s1. The first-order valence-corrected chi connectivity index (χ1v) is 11.4. The Hall–Kier alpha value is -1.43. The first-order valence-electron chi connectivity index (χ1n) is 9.17. The van der Waals surface area contributed by atoms with Crippen LogP contribution >= 0.6 is 15.9 Å². The third-order valence-electron chi connectivity index (χ3n) is 4.92. The fourth-order valence-corrected chi connectivity index (χ4v) is 5.60. The average Bonchev–Trinajstić information content (AvgIpc) is 2.97. The van der Waals surface area contributed by atoms with Gasteiger partial charge in [-0.25, -0.2) is 0 Å². The molecule has 0 aromatic heterocycles. The molecule has 2 aromatic carbocycles. The Morgan fingerprint density at radius 1 is 1.15 bits per heavy atom. The van der Waals surface area contributed by atoms with E-state index in [1.54, 1.807) is 0 Å². The van der Waals surface area contributed by atoms with Gasteiger partial charge in [0.2, 0.25) is 0 Å². The largest absolute Gasteiger partial charge is 0.368 e. The molecule has 0 N–H and O–H groups in total. The Balaban J connectivity index is 1.49. The van der Waals surface area contributed by atoms with Gasteiger partial charge < -0.3 is 9.64 Å². The van der Waals surface area contributed by atoms with Crippen molar-refractivity contribution in [2.45, 2.75) is 37.8 Å². The lowest BCUT2D eigenvalue weighted by Crippen LogP contribution is -2.32. The minimum atomic E-state index is -0.374. The maximum atomic E-state index is 12.6. The molecule has 0 bridgehead atoms. The van der Waals surface area contributed by atoms with Crippen molar-refractivity contribution in [1.82, 2.24) is 0 Å². The summed E-state index contributed by atoms with van der Waals surface area (Å²) in [4.78, 5) is 14.5. The quantitative estimate of drug-likeness (QED) is 0.625. The van der Waals surface area contributed by atoms with Gasteiger partial charge in [-0.2, -0.15) is 0 Å². The molecule has 1 saturated heterocycles. The number of halogens is 1. The second-order valence-electron chi connectivity index (χ2n) is 7.69. The highest BCUT2D eigenvalue weighted by Gasteiger charge is 2.33. The summed E-state index contributed by atoms with van der Waals surface area (Å²) >= 11 is 3.43. The van der Waals surface area contributed by atoms with Crippen LogP contribution in [-0.4, -0.2) is 34.7 Å². The molecule has 1 aliphatic rings. The van der Waals surface area contributed by atoms with Crippen molar-refractivity contribution in [1.29, 1.82) is 0 Å². The van der Waals surface area contributed by atoms with E-state index in [0.29, 0.717) is 6.61 Å². The van der Waals surface area contributed by atoms with E-state index in [2.05, 4.69) is 60.1 Å². The Kier molecular flexibility index (Phi) is 6.32. The van der Waals surface area contributed by atoms with Crippen LogP contribution in [0.2, 0.25) is 5.04 Å². The second-order valence-corrected chi connectivity index (χ2v) is 11.7. The summed E-state index contributed by atoms with van der Waals surface area (Å²) < 4.78 is 7.00. The number of nitrogens with zero attached hydrogens (tertiary/aromatic N) is 1. The van der Waals surface area contributed by atoms with Crippen molar-refractivity contribution < 1.29 is 9.53 Å². The molecule has 26 heavy (non-hydrogen) atoms. The van der Waals surface area contributed by atoms with Gasteiger partial charge in [0.05, 0.1) is 9.52 Å². The molecule has 0 spiro atoms. The number of hydrogen-bond donors (Lipinski definition) is 0. The molecule has 2 aromatic rings. The zero-order valence-electron chi connectivity index (χ0n) is 15.5. The number of hydrogen-bond acceptors (Lipinski definition) is 2. The number of amides is 1. The summed E-state index contributed by atoms with van der Waals surface area (Å²) in [6, 6.07) is 18.6. The molecule has 138 valence electrons. The summed E-state index contributed by atoms with van der Waals surface area (Å²) in [6.45, 7) is 6.02. The monoisotopic (exact) mass is 431 g/mol. The van der Waals surface area contributed by atoms with Gasteiger partial charge in [0, 0.05) is 29.7 Å². The van der Waals surface area contributed by atoms with Crippen LogP contribution in [0, 0.1) is 0 Å². The second kappa shape index (κ2) is 8.50. The summed E-state index contributed by atoms with van der Waals surface area (Å²) in [5.41, 5.74) is 0.945. The highest BCUT2D eigenvalue weighted by atomic mass is 79.9. The molecule has 0 saturated carbocycles. The van der Waals surface area contributed by atoms with Crippen LogP contribution in [0.3, 0.4) is 0 Å². The van der Waals surface area contributed by atoms with Crippen LogP contribution in [0.15, 0.2) is 59.1 Å². The SMILES string of the molecule is CC(C)(CCO[C@H]1CCN(c2ccc(Br)cc2)C1=O)[SiH2]c1ccccc1. The van der Waals surface area contributed by atoms with Crippen molar-refractivity contribution in [3.05, 3.63) is 59.1 Å². The maximum absolute atomic E-state index is 12.6. The number of anilines is 1. The minimum absolute atomic E-state index is 0.0884. The number of carbonyl (C=O) groups excluding carboxylic acids is 1. The molecule has 3 rings (SSSR count). The summed E-state index contributed by atoms with van der Waals surface area (Å²) in [5, 5.41) is 1.77. The van der Waals surface area contributed by atoms with Crippen molar-refractivity contribution in [2.24, 2.45) is 0 Å². The zero-order valence-corrected chi connectivity index (χ0v) is 18.5. The normalized spacial score (nSPS) is 18.2. The van der Waals surface area contributed by atoms with E-state index in [9.17, 15) is 4.79 Å². The van der Waals surface area contributed by atoms with Crippen LogP contribution in [0.25, 0.3) is 0 Å². The summed E-state index contributed by atoms with van der Waals surface area (Å²) in [7, 11) is -0.374. The van der Waals surface area contributed by atoms with Crippen LogP contribution < -0.4 is 10.1 Å². The molecule has 1 amide bonds. The highest BCUT2D eigenvalue weighted by Crippen LogP contribution is 2.29. The van der Waals surface area contributed by atoms with Gasteiger partial charge in [-0.15, -0.1) is 0 Å². The van der Waals surface area contributed by atoms with Gasteiger partial charge in [-0.05, 0) is 35.7 Å². The molecule has 0 aliphatic carbocycles. The highest BCUT2D eigenvalue weighted by molar-refractivity contribution is 9.10. The third-order valence-corrected chi connectivity index (χ3v) is 7.64. The van der Waals surface area contributed by atoms with E-state index < -0.39 is 0 Å². The van der Waals surface area contributed by atoms with Crippen LogP contribution in [-0.2, 0) is 9.53 Å². The Morgan fingerprint density at radius 3 is 2.54 bits per heavy atom. The van der Waals surface area contributed by atoms with Crippen LogP contribution in [0.1, 0.15) is 26.7 Å². The predicted molar refractivity (Wildman–Crippen MR) is 114 cm³/mol. The lowest BCUT2D eigenvalue weighted by atomic mass is 10.1. The Morgan fingerprint density at radius 2 is 1.85 bits per heavy atom. The van der Waals surface area contributed by atoms with Gasteiger partial charge in [-0.3, -0.25) is 4.79 Å². The van der Waals surface area contributed by atoms with E-state index in [4.69, 9.17) is 4.74 Å².